The third-order valence-electron chi connectivity index (χ3n) is 4.06. The van der Waals surface area contributed by atoms with Crippen molar-refractivity contribution in [2.75, 3.05) is 20.2 Å². The fourth-order valence-electron chi connectivity index (χ4n) is 2.69. The van der Waals surface area contributed by atoms with Gasteiger partial charge in [-0.05, 0) is 42.7 Å². The van der Waals surface area contributed by atoms with Crippen molar-refractivity contribution in [2.45, 2.75) is 25.5 Å². The molecule has 0 radical (unpaired) electrons. The summed E-state index contributed by atoms with van der Waals surface area (Å²) in [4.78, 5) is 8.12. The molecule has 1 aromatic carbocycles. The molecule has 26 heavy (non-hydrogen) atoms. The Morgan fingerprint density at radius 2 is 2.31 bits per heavy atom. The summed E-state index contributed by atoms with van der Waals surface area (Å²) in [6.45, 7) is 1.99. The van der Waals surface area contributed by atoms with Crippen LogP contribution in [-0.2, 0) is 11.3 Å². The highest BCUT2D eigenvalue weighted by Gasteiger charge is 2.15. The molecule has 3 rings (SSSR count). The molecule has 0 aliphatic carbocycles. The summed E-state index contributed by atoms with van der Waals surface area (Å²) in [5, 5.41) is 6.40. The van der Waals surface area contributed by atoms with Gasteiger partial charge in [0.05, 0.1) is 12.3 Å². The summed E-state index contributed by atoms with van der Waals surface area (Å²) >= 11 is 0. The number of pyridine rings is 1. The van der Waals surface area contributed by atoms with Crippen molar-refractivity contribution in [1.29, 1.82) is 0 Å². The molecule has 0 saturated carbocycles. The minimum Gasteiger partial charge on any atom is -0.453 e. The number of benzene rings is 1. The molecule has 6 nitrogen and oxygen atoms in total. The van der Waals surface area contributed by atoms with E-state index >= 15 is 0 Å². The van der Waals surface area contributed by atoms with Crippen LogP contribution in [0.15, 0.2) is 47.7 Å². The molecule has 7 heteroatoms. The number of aromatic nitrogens is 1. The van der Waals surface area contributed by atoms with Gasteiger partial charge in [0.1, 0.15) is 5.75 Å². The Morgan fingerprint density at radius 1 is 1.38 bits per heavy atom. The first kappa shape index (κ1) is 18.1. The number of ether oxygens (including phenoxy) is 2. The topological polar surface area (TPSA) is 67.8 Å². The zero-order chi connectivity index (χ0) is 18.2. The lowest BCUT2D eigenvalue weighted by molar-refractivity contribution is 0.114. The molecule has 1 fully saturated rings. The minimum absolute atomic E-state index is 0.169. The summed E-state index contributed by atoms with van der Waals surface area (Å²) in [6, 6.07) is 8.34. The molecular formula is C19H23FN4O2. The van der Waals surface area contributed by atoms with Gasteiger partial charge in [-0.15, -0.1) is 0 Å². The van der Waals surface area contributed by atoms with E-state index in [1.165, 1.54) is 6.07 Å². The fourth-order valence-corrected chi connectivity index (χ4v) is 2.69. The zero-order valence-corrected chi connectivity index (χ0v) is 14.7. The highest BCUT2D eigenvalue weighted by Crippen LogP contribution is 2.24. The van der Waals surface area contributed by atoms with Crippen molar-refractivity contribution in [3.63, 3.8) is 0 Å². The number of hydrogen-bond donors (Lipinski definition) is 2. The molecular weight excluding hydrogens is 335 g/mol. The predicted octanol–water partition coefficient (Wildman–Crippen LogP) is 2.86. The quantitative estimate of drug-likeness (QED) is 0.614. The van der Waals surface area contributed by atoms with Crippen LogP contribution in [-0.4, -0.2) is 37.2 Å². The monoisotopic (exact) mass is 358 g/mol. The first-order valence-electron chi connectivity index (χ1n) is 8.67. The molecule has 2 heterocycles. The fraction of sp³-hybridized carbons (Fsp3) is 0.368. The van der Waals surface area contributed by atoms with Crippen LogP contribution in [0.2, 0.25) is 0 Å². The predicted molar refractivity (Wildman–Crippen MR) is 97.9 cm³/mol. The molecule has 0 bridgehead atoms. The van der Waals surface area contributed by atoms with Gasteiger partial charge in [0.15, 0.2) is 17.5 Å². The van der Waals surface area contributed by atoms with Crippen LogP contribution in [0.25, 0.3) is 0 Å². The van der Waals surface area contributed by atoms with Crippen LogP contribution in [0, 0.1) is 5.82 Å². The second-order valence-electron chi connectivity index (χ2n) is 6.00. The summed E-state index contributed by atoms with van der Waals surface area (Å²) in [7, 11) is 1.70. The molecule has 0 spiro atoms. The number of guanidine groups is 1. The van der Waals surface area contributed by atoms with E-state index in [4.69, 9.17) is 9.47 Å². The van der Waals surface area contributed by atoms with Crippen molar-refractivity contribution in [1.82, 2.24) is 15.6 Å². The van der Waals surface area contributed by atoms with Crippen molar-refractivity contribution >= 4 is 5.96 Å². The summed E-state index contributed by atoms with van der Waals surface area (Å²) < 4.78 is 25.3. The first-order valence-corrected chi connectivity index (χ1v) is 8.67. The Labute approximate surface area is 152 Å². The van der Waals surface area contributed by atoms with Gasteiger partial charge in [-0.25, -0.2) is 4.39 Å². The number of rotatable bonds is 6. The van der Waals surface area contributed by atoms with Gasteiger partial charge < -0.3 is 20.1 Å². The lowest BCUT2D eigenvalue weighted by Gasteiger charge is -2.15. The molecule has 138 valence electrons. The SMILES string of the molecule is CN=C(NCc1ccc(Oc2cccnc2)c(F)c1)NCC1CCCO1. The standard InChI is InChI=1S/C19H23FN4O2/c1-21-19(24-13-15-5-3-9-25-15)23-11-14-6-7-18(17(20)10-14)26-16-4-2-8-22-12-16/h2,4,6-8,10,12,15H,3,5,9,11,13H2,1H3,(H2,21,23,24). The van der Waals surface area contributed by atoms with Gasteiger partial charge >= 0.3 is 0 Å². The largest absolute Gasteiger partial charge is 0.453 e. The van der Waals surface area contributed by atoms with Crippen molar-refractivity contribution in [3.05, 3.63) is 54.1 Å². The molecule has 1 aliphatic heterocycles. The van der Waals surface area contributed by atoms with Gasteiger partial charge in [0.2, 0.25) is 0 Å². The number of halogens is 1. The maximum atomic E-state index is 14.3. The maximum Gasteiger partial charge on any atom is 0.191 e. The lowest BCUT2D eigenvalue weighted by atomic mass is 10.2. The highest BCUT2D eigenvalue weighted by atomic mass is 19.1. The van der Waals surface area contributed by atoms with E-state index in [-0.39, 0.29) is 11.9 Å². The normalized spacial score (nSPS) is 17.2. The summed E-state index contributed by atoms with van der Waals surface area (Å²) in [5.74, 6) is 0.908. The molecule has 1 aliphatic rings. The third kappa shape index (κ3) is 5.16. The zero-order valence-electron chi connectivity index (χ0n) is 14.7. The number of nitrogens with one attached hydrogen (secondary N) is 2. The van der Waals surface area contributed by atoms with E-state index in [1.54, 1.807) is 37.6 Å². The summed E-state index contributed by atoms with van der Waals surface area (Å²) in [6.07, 6.45) is 5.57. The smallest absolute Gasteiger partial charge is 0.191 e. The molecule has 2 N–H and O–H groups in total. The average Bonchev–Trinajstić information content (AvgIpc) is 3.18. The van der Waals surface area contributed by atoms with Crippen LogP contribution >= 0.6 is 0 Å². The highest BCUT2D eigenvalue weighted by molar-refractivity contribution is 5.79. The van der Waals surface area contributed by atoms with Crippen LogP contribution < -0.4 is 15.4 Å². The van der Waals surface area contributed by atoms with Crippen molar-refractivity contribution < 1.29 is 13.9 Å². The molecule has 1 saturated heterocycles. The van der Waals surface area contributed by atoms with Gasteiger partial charge in [0, 0.05) is 32.9 Å². The van der Waals surface area contributed by atoms with E-state index in [1.807, 2.05) is 6.07 Å². The second-order valence-corrected chi connectivity index (χ2v) is 6.00. The van der Waals surface area contributed by atoms with E-state index in [0.29, 0.717) is 24.8 Å². The van der Waals surface area contributed by atoms with Gasteiger partial charge in [-0.3, -0.25) is 9.98 Å². The Balaban J connectivity index is 1.51. The van der Waals surface area contributed by atoms with E-state index in [0.717, 1.165) is 25.0 Å². The first-order chi connectivity index (χ1) is 12.7. The molecule has 2 aromatic rings. The lowest BCUT2D eigenvalue weighted by Crippen LogP contribution is -2.40. The maximum absolute atomic E-state index is 14.3. The minimum atomic E-state index is -0.421. The molecule has 0 amide bonds. The van der Waals surface area contributed by atoms with Crippen LogP contribution in [0.1, 0.15) is 18.4 Å². The number of nitrogens with zero attached hydrogens (tertiary/aromatic N) is 2. The Morgan fingerprint density at radius 3 is 3.00 bits per heavy atom. The second kappa shape index (κ2) is 9.15. The number of hydrogen-bond acceptors (Lipinski definition) is 4. The summed E-state index contributed by atoms with van der Waals surface area (Å²) in [5.41, 5.74) is 0.793. The van der Waals surface area contributed by atoms with Crippen LogP contribution in [0.5, 0.6) is 11.5 Å². The molecule has 1 aromatic heterocycles. The van der Waals surface area contributed by atoms with Crippen LogP contribution in [0.3, 0.4) is 0 Å². The molecule has 1 atom stereocenters. The van der Waals surface area contributed by atoms with E-state index in [2.05, 4.69) is 20.6 Å². The third-order valence-corrected chi connectivity index (χ3v) is 4.06. The Hall–Kier alpha value is -2.67. The van der Waals surface area contributed by atoms with Crippen LogP contribution in [0.4, 0.5) is 4.39 Å². The van der Waals surface area contributed by atoms with Gasteiger partial charge in [-0.1, -0.05) is 6.07 Å². The Kier molecular flexibility index (Phi) is 6.38. The van der Waals surface area contributed by atoms with Gasteiger partial charge in [0.25, 0.3) is 0 Å². The van der Waals surface area contributed by atoms with E-state index in [9.17, 15) is 4.39 Å². The number of aliphatic imine (C=N–C) groups is 1. The van der Waals surface area contributed by atoms with E-state index < -0.39 is 5.82 Å². The van der Waals surface area contributed by atoms with Crippen molar-refractivity contribution in [2.24, 2.45) is 4.99 Å². The van der Waals surface area contributed by atoms with Crippen molar-refractivity contribution in [3.8, 4) is 11.5 Å². The molecule has 1 unspecified atom stereocenters. The Bertz CT molecular complexity index is 734. The average molecular weight is 358 g/mol. The van der Waals surface area contributed by atoms with Gasteiger partial charge in [-0.2, -0.15) is 0 Å².